The molecule has 2 N–H and O–H groups in total. The molecule has 1 fully saturated rings. The Morgan fingerprint density at radius 3 is 2.74 bits per heavy atom. The first-order chi connectivity index (χ1) is 13.2. The number of rotatable bonds is 6. The number of anilines is 1. The highest BCUT2D eigenvalue weighted by Crippen LogP contribution is 2.27. The van der Waals surface area contributed by atoms with E-state index >= 15 is 0 Å². The van der Waals surface area contributed by atoms with E-state index in [0.29, 0.717) is 5.96 Å². The summed E-state index contributed by atoms with van der Waals surface area (Å²) < 4.78 is 0. The smallest absolute Gasteiger partial charge is 0.246 e. The average Bonchev–Trinajstić information content (AvgIpc) is 3.13. The number of fused-ring (bicyclic) bond motifs is 1. The molecule has 0 spiro atoms. The van der Waals surface area contributed by atoms with E-state index in [1.165, 1.54) is 31.5 Å². The number of amides is 1. The third-order valence-electron chi connectivity index (χ3n) is 5.64. The van der Waals surface area contributed by atoms with Crippen molar-refractivity contribution in [2.45, 2.75) is 32.6 Å². The van der Waals surface area contributed by atoms with Crippen molar-refractivity contribution in [3.63, 3.8) is 0 Å². The summed E-state index contributed by atoms with van der Waals surface area (Å²) in [5.74, 6) is 1.66. The second kappa shape index (κ2) is 9.74. The maximum absolute atomic E-state index is 12.6. The zero-order valence-corrected chi connectivity index (χ0v) is 16.7. The van der Waals surface area contributed by atoms with E-state index < -0.39 is 0 Å². The number of para-hydroxylation sites is 1. The molecule has 0 saturated carbocycles. The molecule has 2 aliphatic rings. The largest absolute Gasteiger partial charge is 0.356 e. The predicted molar refractivity (Wildman–Crippen MR) is 111 cm³/mol. The number of guanidine groups is 1. The van der Waals surface area contributed by atoms with E-state index in [9.17, 15) is 4.79 Å². The van der Waals surface area contributed by atoms with E-state index in [-0.39, 0.29) is 12.5 Å². The molecule has 1 amide bonds. The molecule has 1 saturated heterocycles. The maximum Gasteiger partial charge on any atom is 0.246 e. The zero-order valence-electron chi connectivity index (χ0n) is 16.7. The first-order valence-corrected chi connectivity index (χ1v) is 10.2. The van der Waals surface area contributed by atoms with Gasteiger partial charge in [0.25, 0.3) is 0 Å². The van der Waals surface area contributed by atoms with Gasteiger partial charge in [0.1, 0.15) is 0 Å². The molecular weight excluding hydrogens is 338 g/mol. The van der Waals surface area contributed by atoms with Crippen LogP contribution in [0.15, 0.2) is 29.3 Å². The number of aliphatic imine (C=N–C) groups is 1. The first kappa shape index (κ1) is 19.7. The molecule has 0 aliphatic carbocycles. The van der Waals surface area contributed by atoms with Gasteiger partial charge in [0, 0.05) is 25.8 Å². The lowest BCUT2D eigenvalue weighted by Crippen LogP contribution is -2.45. The monoisotopic (exact) mass is 371 g/mol. The zero-order chi connectivity index (χ0) is 19.1. The van der Waals surface area contributed by atoms with Gasteiger partial charge in [-0.05, 0) is 62.9 Å². The number of hydrogen-bond acceptors (Lipinski definition) is 3. The van der Waals surface area contributed by atoms with Crippen LogP contribution in [0.3, 0.4) is 0 Å². The number of nitrogens with one attached hydrogen (secondary N) is 2. The van der Waals surface area contributed by atoms with Crippen molar-refractivity contribution in [3.8, 4) is 0 Å². The van der Waals surface area contributed by atoms with Gasteiger partial charge in [-0.1, -0.05) is 25.1 Å². The summed E-state index contributed by atoms with van der Waals surface area (Å²) >= 11 is 0. The maximum atomic E-state index is 12.6. The fraction of sp³-hybridized carbons (Fsp3) is 0.619. The number of nitrogens with zero attached hydrogens (tertiary/aromatic N) is 3. The minimum atomic E-state index is 0.0883. The van der Waals surface area contributed by atoms with Crippen LogP contribution in [-0.2, 0) is 11.2 Å². The summed E-state index contributed by atoms with van der Waals surface area (Å²) in [4.78, 5) is 21.2. The van der Waals surface area contributed by atoms with Crippen molar-refractivity contribution < 1.29 is 4.79 Å². The summed E-state index contributed by atoms with van der Waals surface area (Å²) in [6, 6.07) is 8.14. The van der Waals surface area contributed by atoms with Crippen LogP contribution in [0.2, 0.25) is 0 Å². The van der Waals surface area contributed by atoms with E-state index in [2.05, 4.69) is 33.5 Å². The second-order valence-electron chi connectivity index (χ2n) is 7.65. The summed E-state index contributed by atoms with van der Waals surface area (Å²) in [6.45, 7) is 7.81. The quantitative estimate of drug-likeness (QED) is 0.455. The van der Waals surface area contributed by atoms with Crippen LogP contribution in [0.5, 0.6) is 0 Å². The first-order valence-electron chi connectivity index (χ1n) is 10.2. The predicted octanol–water partition coefficient (Wildman–Crippen LogP) is 1.86. The summed E-state index contributed by atoms with van der Waals surface area (Å²) in [6.07, 6.45) is 4.66. The number of carbonyl (C=O) groups is 1. The minimum absolute atomic E-state index is 0.0883. The Labute approximate surface area is 163 Å². The van der Waals surface area contributed by atoms with Gasteiger partial charge >= 0.3 is 0 Å². The van der Waals surface area contributed by atoms with Gasteiger partial charge < -0.3 is 20.4 Å². The van der Waals surface area contributed by atoms with Crippen molar-refractivity contribution >= 4 is 17.6 Å². The third kappa shape index (κ3) is 5.45. The fourth-order valence-electron chi connectivity index (χ4n) is 3.87. The number of piperidine rings is 1. The summed E-state index contributed by atoms with van der Waals surface area (Å²) in [7, 11) is 1.75. The highest BCUT2D eigenvalue weighted by Gasteiger charge is 2.23. The Morgan fingerprint density at radius 1 is 1.19 bits per heavy atom. The van der Waals surface area contributed by atoms with Crippen molar-refractivity contribution in [2.24, 2.45) is 10.9 Å². The van der Waals surface area contributed by atoms with Gasteiger partial charge in [0.2, 0.25) is 5.91 Å². The molecule has 6 nitrogen and oxygen atoms in total. The van der Waals surface area contributed by atoms with Crippen LogP contribution in [0.4, 0.5) is 5.69 Å². The molecule has 27 heavy (non-hydrogen) atoms. The molecule has 1 aromatic carbocycles. The van der Waals surface area contributed by atoms with Gasteiger partial charge in [0.15, 0.2) is 5.96 Å². The van der Waals surface area contributed by atoms with Gasteiger partial charge in [0.05, 0.1) is 6.54 Å². The lowest BCUT2D eigenvalue weighted by atomic mass is 9.99. The van der Waals surface area contributed by atoms with E-state index in [1.807, 2.05) is 23.1 Å². The van der Waals surface area contributed by atoms with Crippen LogP contribution >= 0.6 is 0 Å². The van der Waals surface area contributed by atoms with Crippen molar-refractivity contribution in [1.82, 2.24) is 15.5 Å². The molecule has 6 heteroatoms. The molecule has 0 atom stereocenters. The molecule has 2 aliphatic heterocycles. The highest BCUT2D eigenvalue weighted by molar-refractivity contribution is 5.98. The van der Waals surface area contributed by atoms with Crippen molar-refractivity contribution in [1.29, 1.82) is 0 Å². The molecule has 2 heterocycles. The molecule has 0 bridgehead atoms. The fourth-order valence-corrected chi connectivity index (χ4v) is 3.87. The number of hydrogen-bond donors (Lipinski definition) is 2. The third-order valence-corrected chi connectivity index (χ3v) is 5.64. The van der Waals surface area contributed by atoms with Gasteiger partial charge in [-0.3, -0.25) is 9.79 Å². The van der Waals surface area contributed by atoms with Crippen LogP contribution in [0.25, 0.3) is 0 Å². The Bertz CT molecular complexity index is 652. The Balaban J connectivity index is 1.35. The van der Waals surface area contributed by atoms with Gasteiger partial charge in [-0.25, -0.2) is 0 Å². The minimum Gasteiger partial charge on any atom is -0.356 e. The molecule has 0 aromatic heterocycles. The molecule has 1 aromatic rings. The van der Waals surface area contributed by atoms with Crippen molar-refractivity contribution in [2.75, 3.05) is 51.2 Å². The van der Waals surface area contributed by atoms with Crippen LogP contribution < -0.4 is 15.5 Å². The number of carbonyl (C=O) groups excluding carboxylic acids is 1. The molecule has 0 radical (unpaired) electrons. The van der Waals surface area contributed by atoms with E-state index in [0.717, 1.165) is 44.1 Å². The van der Waals surface area contributed by atoms with Gasteiger partial charge in [-0.15, -0.1) is 0 Å². The SMILES string of the molecule is CN=C(NCCCN1CCC(C)CC1)NCC(=O)N1CCc2ccccc21. The Kier molecular flexibility index (Phi) is 7.10. The lowest BCUT2D eigenvalue weighted by Gasteiger charge is -2.30. The molecule has 0 unspecified atom stereocenters. The lowest BCUT2D eigenvalue weighted by molar-refractivity contribution is -0.117. The topological polar surface area (TPSA) is 60.0 Å². The Hall–Kier alpha value is -2.08. The number of benzene rings is 1. The summed E-state index contributed by atoms with van der Waals surface area (Å²) in [5, 5.41) is 6.48. The normalized spacial score (nSPS) is 18.4. The number of likely N-dealkylation sites (tertiary alicyclic amines) is 1. The average molecular weight is 372 g/mol. The molecular formula is C21H33N5O. The van der Waals surface area contributed by atoms with Crippen LogP contribution in [0, 0.1) is 5.92 Å². The van der Waals surface area contributed by atoms with E-state index in [4.69, 9.17) is 0 Å². The molecule has 3 rings (SSSR count). The Morgan fingerprint density at radius 2 is 1.96 bits per heavy atom. The standard InChI is InChI=1S/C21H33N5O/c1-17-8-13-25(14-9-17)12-5-11-23-21(22-2)24-16-20(27)26-15-10-18-6-3-4-7-19(18)26/h3-4,6-7,17H,5,8-16H2,1-2H3,(H2,22,23,24). The second-order valence-corrected chi connectivity index (χ2v) is 7.65. The van der Waals surface area contributed by atoms with Crippen LogP contribution in [0.1, 0.15) is 31.7 Å². The summed E-state index contributed by atoms with van der Waals surface area (Å²) in [5.41, 5.74) is 2.29. The highest BCUT2D eigenvalue weighted by atomic mass is 16.2. The van der Waals surface area contributed by atoms with Crippen molar-refractivity contribution in [3.05, 3.63) is 29.8 Å². The van der Waals surface area contributed by atoms with Crippen LogP contribution in [-0.4, -0.2) is 63.1 Å². The van der Waals surface area contributed by atoms with E-state index in [1.54, 1.807) is 7.05 Å². The van der Waals surface area contributed by atoms with Gasteiger partial charge in [-0.2, -0.15) is 0 Å². The molecule has 148 valence electrons.